The van der Waals surface area contributed by atoms with Crippen LogP contribution >= 0.6 is 0 Å². The molecular formula is C29H41N3O5S2. The van der Waals surface area contributed by atoms with Crippen molar-refractivity contribution in [3.63, 3.8) is 0 Å². The summed E-state index contributed by atoms with van der Waals surface area (Å²) in [5.74, 6) is 1.18. The topological polar surface area (TPSA) is 104 Å². The second-order valence-corrected chi connectivity index (χ2v) is 15.1. The summed E-state index contributed by atoms with van der Waals surface area (Å²) in [5.41, 5.74) is 1.95. The summed E-state index contributed by atoms with van der Waals surface area (Å²) >= 11 is 0. The number of anilines is 1. The Morgan fingerprint density at radius 1 is 0.872 bits per heavy atom. The van der Waals surface area contributed by atoms with Gasteiger partial charge in [-0.15, -0.1) is 0 Å². The number of sulfonamides is 1. The van der Waals surface area contributed by atoms with Gasteiger partial charge >= 0.3 is 0 Å². The number of likely N-dealkylation sites (tertiary alicyclic amines) is 1. The minimum atomic E-state index is -3.26. The van der Waals surface area contributed by atoms with Gasteiger partial charge in [0, 0.05) is 31.5 Å². The fourth-order valence-corrected chi connectivity index (χ4v) is 7.48. The lowest BCUT2D eigenvalue weighted by Gasteiger charge is -2.37. The molecule has 1 amide bonds. The third kappa shape index (κ3) is 8.61. The number of carbonyl (C=O) groups is 1. The van der Waals surface area contributed by atoms with Crippen LogP contribution in [-0.2, 0) is 24.7 Å². The third-order valence-corrected chi connectivity index (χ3v) is 10.7. The van der Waals surface area contributed by atoms with Gasteiger partial charge in [-0.3, -0.25) is 4.79 Å². The molecule has 2 aromatic rings. The number of rotatable bonds is 10. The van der Waals surface area contributed by atoms with Crippen LogP contribution in [0.15, 0.2) is 59.5 Å². The molecule has 2 aromatic carbocycles. The zero-order valence-electron chi connectivity index (χ0n) is 23.0. The SMILES string of the molecule is CS(=O)(=O)c1ccc(NC(=O)CC2CCN(CCC(c3ccccc3)C3CCN(S(C)(=O)=O)CC3)CC2)cc1. The van der Waals surface area contributed by atoms with Crippen molar-refractivity contribution in [3.8, 4) is 0 Å². The van der Waals surface area contributed by atoms with E-state index in [9.17, 15) is 21.6 Å². The first kappa shape index (κ1) is 29.7. The van der Waals surface area contributed by atoms with E-state index in [1.165, 1.54) is 30.2 Å². The lowest BCUT2D eigenvalue weighted by atomic mass is 9.78. The first-order valence-corrected chi connectivity index (χ1v) is 17.6. The Morgan fingerprint density at radius 3 is 2.05 bits per heavy atom. The van der Waals surface area contributed by atoms with Crippen LogP contribution in [0.1, 0.15) is 50.0 Å². The number of piperidine rings is 2. The molecule has 1 unspecified atom stereocenters. The van der Waals surface area contributed by atoms with E-state index in [4.69, 9.17) is 0 Å². The Bertz CT molecular complexity index is 1300. The highest BCUT2D eigenvalue weighted by Crippen LogP contribution is 2.36. The second-order valence-electron chi connectivity index (χ2n) is 11.1. The molecular weight excluding hydrogens is 534 g/mol. The maximum atomic E-state index is 12.6. The van der Waals surface area contributed by atoms with E-state index in [0.717, 1.165) is 51.7 Å². The number of benzene rings is 2. The summed E-state index contributed by atoms with van der Waals surface area (Å²) in [6.07, 6.45) is 7.70. The van der Waals surface area contributed by atoms with Gasteiger partial charge in [-0.1, -0.05) is 30.3 Å². The van der Waals surface area contributed by atoms with Crippen molar-refractivity contribution in [2.45, 2.75) is 49.3 Å². The molecule has 0 aromatic heterocycles. The smallest absolute Gasteiger partial charge is 0.224 e. The van der Waals surface area contributed by atoms with Crippen molar-refractivity contribution in [3.05, 3.63) is 60.2 Å². The van der Waals surface area contributed by atoms with Crippen LogP contribution in [0, 0.1) is 11.8 Å². The predicted octanol–water partition coefficient (Wildman–Crippen LogP) is 3.98. The maximum Gasteiger partial charge on any atom is 0.224 e. The van der Waals surface area contributed by atoms with Crippen molar-refractivity contribution in [1.29, 1.82) is 0 Å². The zero-order chi connectivity index (χ0) is 28.0. The normalized spacial score (nSPS) is 19.5. The third-order valence-electron chi connectivity index (χ3n) is 8.27. The van der Waals surface area contributed by atoms with E-state index in [2.05, 4.69) is 34.5 Å². The number of nitrogens with one attached hydrogen (secondary N) is 1. The van der Waals surface area contributed by atoms with Gasteiger partial charge in [-0.05, 0) is 99.3 Å². The molecule has 0 spiro atoms. The first-order chi connectivity index (χ1) is 18.5. The molecule has 2 aliphatic rings. The highest BCUT2D eigenvalue weighted by atomic mass is 32.2. The van der Waals surface area contributed by atoms with Gasteiger partial charge in [0.15, 0.2) is 9.84 Å². The predicted molar refractivity (Wildman–Crippen MR) is 155 cm³/mol. The Balaban J connectivity index is 1.25. The summed E-state index contributed by atoms with van der Waals surface area (Å²) in [4.78, 5) is 15.3. The van der Waals surface area contributed by atoms with Gasteiger partial charge in [0.1, 0.15) is 0 Å². The Labute approximate surface area is 233 Å². The lowest BCUT2D eigenvalue weighted by molar-refractivity contribution is -0.117. The summed E-state index contributed by atoms with van der Waals surface area (Å²) in [7, 11) is -6.39. The van der Waals surface area contributed by atoms with E-state index in [0.29, 0.717) is 43.0 Å². The summed E-state index contributed by atoms with van der Waals surface area (Å²) in [6, 6.07) is 16.9. The number of hydrogen-bond donors (Lipinski definition) is 1. The molecule has 1 N–H and O–H groups in total. The van der Waals surface area contributed by atoms with Crippen LogP contribution in [0.2, 0.25) is 0 Å². The van der Waals surface area contributed by atoms with Gasteiger partial charge in [0.2, 0.25) is 15.9 Å². The largest absolute Gasteiger partial charge is 0.326 e. The van der Waals surface area contributed by atoms with Crippen LogP contribution in [0.4, 0.5) is 5.69 Å². The fourth-order valence-electron chi connectivity index (χ4n) is 5.98. The Kier molecular flexibility index (Phi) is 9.85. The van der Waals surface area contributed by atoms with E-state index in [-0.39, 0.29) is 10.8 Å². The fraction of sp³-hybridized carbons (Fsp3) is 0.552. The number of sulfone groups is 1. The van der Waals surface area contributed by atoms with E-state index in [1.54, 1.807) is 16.4 Å². The van der Waals surface area contributed by atoms with Gasteiger partial charge in [0.25, 0.3) is 0 Å². The first-order valence-electron chi connectivity index (χ1n) is 13.8. The highest BCUT2D eigenvalue weighted by molar-refractivity contribution is 7.90. The highest BCUT2D eigenvalue weighted by Gasteiger charge is 2.31. The van der Waals surface area contributed by atoms with Crippen LogP contribution in [0.25, 0.3) is 0 Å². The number of amides is 1. The van der Waals surface area contributed by atoms with Crippen molar-refractivity contribution in [2.75, 3.05) is 50.6 Å². The van der Waals surface area contributed by atoms with E-state index in [1.807, 2.05) is 6.07 Å². The summed E-state index contributed by atoms with van der Waals surface area (Å²) < 4.78 is 48.8. The minimum Gasteiger partial charge on any atom is -0.326 e. The van der Waals surface area contributed by atoms with E-state index < -0.39 is 19.9 Å². The molecule has 4 rings (SSSR count). The van der Waals surface area contributed by atoms with Gasteiger partial charge in [-0.25, -0.2) is 21.1 Å². The van der Waals surface area contributed by atoms with Crippen molar-refractivity contribution in [1.82, 2.24) is 9.21 Å². The van der Waals surface area contributed by atoms with Gasteiger partial charge in [-0.2, -0.15) is 0 Å². The van der Waals surface area contributed by atoms with Crippen LogP contribution < -0.4 is 5.32 Å². The van der Waals surface area contributed by atoms with Crippen molar-refractivity contribution < 1.29 is 21.6 Å². The molecule has 0 saturated carbocycles. The molecule has 0 bridgehead atoms. The molecule has 2 saturated heterocycles. The second kappa shape index (κ2) is 12.9. The van der Waals surface area contributed by atoms with Crippen LogP contribution in [-0.4, -0.2) is 77.2 Å². The quantitative estimate of drug-likeness (QED) is 0.460. The molecule has 10 heteroatoms. The van der Waals surface area contributed by atoms with Gasteiger partial charge in [0.05, 0.1) is 11.2 Å². The molecule has 0 radical (unpaired) electrons. The molecule has 2 fully saturated rings. The molecule has 2 heterocycles. The van der Waals surface area contributed by atoms with Crippen molar-refractivity contribution >= 4 is 31.5 Å². The number of nitrogens with zero attached hydrogens (tertiary/aromatic N) is 2. The summed E-state index contributed by atoms with van der Waals surface area (Å²) in [5, 5.41) is 2.90. The average Bonchev–Trinajstić information content (AvgIpc) is 2.90. The standard InChI is InChI=1S/C29H41N3O5S2/c1-38(34,35)27-10-8-26(9-11-27)30-29(33)22-23-12-17-31(18-13-23)19-16-28(24-6-4-3-5-7-24)25-14-20-32(21-15-25)39(2,36)37/h3-11,23,25,28H,12-22H2,1-2H3,(H,30,33). The molecule has 2 aliphatic heterocycles. The van der Waals surface area contributed by atoms with Crippen molar-refractivity contribution in [2.24, 2.45) is 11.8 Å². The molecule has 39 heavy (non-hydrogen) atoms. The van der Waals surface area contributed by atoms with Crippen LogP contribution in [0.5, 0.6) is 0 Å². The monoisotopic (exact) mass is 575 g/mol. The number of hydrogen-bond acceptors (Lipinski definition) is 6. The van der Waals surface area contributed by atoms with Crippen LogP contribution in [0.3, 0.4) is 0 Å². The zero-order valence-corrected chi connectivity index (χ0v) is 24.6. The molecule has 8 nitrogen and oxygen atoms in total. The maximum absolute atomic E-state index is 12.6. The molecule has 0 aliphatic carbocycles. The number of carbonyl (C=O) groups excluding carboxylic acids is 1. The summed E-state index contributed by atoms with van der Waals surface area (Å²) in [6.45, 7) is 4.13. The Hall–Kier alpha value is -2.27. The van der Waals surface area contributed by atoms with Gasteiger partial charge < -0.3 is 10.2 Å². The molecule has 214 valence electrons. The molecule has 1 atom stereocenters. The average molecular weight is 576 g/mol. The Morgan fingerprint density at radius 2 is 1.49 bits per heavy atom. The minimum absolute atomic E-state index is 0.0369. The van der Waals surface area contributed by atoms with E-state index >= 15 is 0 Å². The lowest BCUT2D eigenvalue weighted by Crippen LogP contribution is -2.40.